The van der Waals surface area contributed by atoms with Gasteiger partial charge in [-0.15, -0.1) is 0 Å². The predicted octanol–water partition coefficient (Wildman–Crippen LogP) is 7.10. The van der Waals surface area contributed by atoms with Crippen molar-refractivity contribution in [3.05, 3.63) is 94.8 Å². The number of halogens is 2. The van der Waals surface area contributed by atoms with Gasteiger partial charge in [0.25, 0.3) is 0 Å². The molecule has 1 fully saturated rings. The molecule has 0 aliphatic carbocycles. The zero-order chi connectivity index (χ0) is 26.5. The lowest BCUT2D eigenvalue weighted by Gasteiger charge is -2.33. The van der Waals surface area contributed by atoms with Crippen LogP contribution >= 0.6 is 23.4 Å². The number of Topliss-reactive ketones (excluding diaryl/α,β-unsaturated/α-hetero) is 2. The lowest BCUT2D eigenvalue weighted by Crippen LogP contribution is -2.35. The van der Waals surface area contributed by atoms with Crippen LogP contribution < -0.4 is 0 Å². The maximum atomic E-state index is 13.1. The van der Waals surface area contributed by atoms with Crippen LogP contribution in [0.1, 0.15) is 52.4 Å². The predicted molar refractivity (Wildman–Crippen MR) is 151 cm³/mol. The van der Waals surface area contributed by atoms with E-state index in [0.717, 1.165) is 55.1 Å². The van der Waals surface area contributed by atoms with Gasteiger partial charge >= 0.3 is 0 Å². The second-order valence-electron chi connectivity index (χ2n) is 9.58. The number of likely N-dealkylation sites (tertiary alicyclic amines) is 1. The summed E-state index contributed by atoms with van der Waals surface area (Å²) >= 11 is 7.45. The van der Waals surface area contributed by atoms with Crippen molar-refractivity contribution in [2.24, 2.45) is 0 Å². The van der Waals surface area contributed by atoms with E-state index in [-0.39, 0.29) is 17.4 Å². The van der Waals surface area contributed by atoms with Gasteiger partial charge in [-0.1, -0.05) is 35.5 Å². The number of fused-ring (bicyclic) bond motifs is 1. The van der Waals surface area contributed by atoms with E-state index in [2.05, 4.69) is 15.5 Å². The van der Waals surface area contributed by atoms with Gasteiger partial charge < -0.3 is 9.47 Å². The highest BCUT2D eigenvalue weighted by atomic mass is 35.5. The first-order valence-electron chi connectivity index (χ1n) is 12.9. The van der Waals surface area contributed by atoms with E-state index in [0.29, 0.717) is 34.4 Å². The summed E-state index contributed by atoms with van der Waals surface area (Å²) < 4.78 is 15.4. The maximum Gasteiger partial charge on any atom is 0.173 e. The van der Waals surface area contributed by atoms with E-state index >= 15 is 0 Å². The molecule has 1 aliphatic heterocycles. The third-order valence-corrected chi connectivity index (χ3v) is 8.23. The molecule has 2 heterocycles. The number of hydrogen-bond acceptors (Lipinski definition) is 5. The number of hydrogen-bond donors (Lipinski definition) is 0. The number of ketones is 2. The first-order valence-corrected chi connectivity index (χ1v) is 14.2. The lowest BCUT2D eigenvalue weighted by atomic mass is 10.0. The number of benzene rings is 3. The van der Waals surface area contributed by atoms with Gasteiger partial charge in [0.05, 0.1) is 16.8 Å². The molecule has 8 heteroatoms. The topological polar surface area (TPSA) is 55.2 Å². The summed E-state index contributed by atoms with van der Waals surface area (Å²) in [5.74, 6) is 0.0889. The highest BCUT2D eigenvalue weighted by Crippen LogP contribution is 2.33. The van der Waals surface area contributed by atoms with E-state index in [1.807, 2.05) is 18.2 Å². The van der Waals surface area contributed by atoms with E-state index in [4.69, 9.17) is 16.6 Å². The minimum Gasteiger partial charge on any atom is -0.316 e. The number of para-hydroxylation sites is 2. The Morgan fingerprint density at radius 1 is 0.921 bits per heavy atom. The van der Waals surface area contributed by atoms with Crippen molar-refractivity contribution in [1.29, 1.82) is 0 Å². The molecule has 0 amide bonds. The van der Waals surface area contributed by atoms with Gasteiger partial charge in [0.15, 0.2) is 16.7 Å². The van der Waals surface area contributed by atoms with Gasteiger partial charge in [-0.2, -0.15) is 0 Å². The maximum absolute atomic E-state index is 13.1. The lowest BCUT2D eigenvalue weighted by molar-refractivity contribution is 0.0969. The minimum atomic E-state index is -0.329. The molecule has 0 bridgehead atoms. The van der Waals surface area contributed by atoms with Crippen molar-refractivity contribution in [3.63, 3.8) is 0 Å². The molecule has 0 spiro atoms. The Morgan fingerprint density at radius 2 is 1.58 bits per heavy atom. The molecule has 4 aromatic rings. The van der Waals surface area contributed by atoms with Crippen molar-refractivity contribution in [1.82, 2.24) is 14.5 Å². The molecule has 1 aliphatic rings. The fraction of sp³-hybridized carbons (Fsp3) is 0.300. The summed E-state index contributed by atoms with van der Waals surface area (Å²) in [5.41, 5.74) is 3.25. The van der Waals surface area contributed by atoms with Crippen molar-refractivity contribution in [2.75, 3.05) is 25.4 Å². The number of piperidine rings is 1. The molecular formula is C30H29ClFN3O2S. The molecule has 0 unspecified atom stereocenters. The average molecular weight is 550 g/mol. The van der Waals surface area contributed by atoms with Crippen molar-refractivity contribution >= 4 is 46.0 Å². The fourth-order valence-electron chi connectivity index (χ4n) is 4.97. The summed E-state index contributed by atoms with van der Waals surface area (Å²) in [6, 6.07) is 21.2. The summed E-state index contributed by atoms with van der Waals surface area (Å²) in [7, 11) is 0. The minimum absolute atomic E-state index is 0.0512. The molecule has 5 nitrogen and oxygen atoms in total. The highest BCUT2D eigenvalue weighted by molar-refractivity contribution is 7.99. The van der Waals surface area contributed by atoms with Gasteiger partial charge in [0.2, 0.25) is 0 Å². The molecule has 5 rings (SSSR count). The summed E-state index contributed by atoms with van der Waals surface area (Å²) in [4.78, 5) is 32.5. The molecule has 0 N–H and O–H groups in total. The smallest absolute Gasteiger partial charge is 0.173 e. The van der Waals surface area contributed by atoms with E-state index in [9.17, 15) is 14.0 Å². The summed E-state index contributed by atoms with van der Waals surface area (Å²) in [5, 5.41) is 1.48. The highest BCUT2D eigenvalue weighted by Gasteiger charge is 2.25. The number of thioether (sulfide) groups is 1. The largest absolute Gasteiger partial charge is 0.316 e. The van der Waals surface area contributed by atoms with Crippen LogP contribution in [0.25, 0.3) is 11.0 Å². The molecule has 196 valence electrons. The van der Waals surface area contributed by atoms with Crippen molar-refractivity contribution in [2.45, 2.75) is 36.9 Å². The molecule has 0 saturated carbocycles. The Labute approximate surface area is 231 Å². The normalized spacial score (nSPS) is 14.7. The molecule has 3 aromatic carbocycles. The van der Waals surface area contributed by atoms with Crippen LogP contribution in [0.3, 0.4) is 0 Å². The van der Waals surface area contributed by atoms with Gasteiger partial charge in [-0.3, -0.25) is 9.59 Å². The number of carbonyl (C=O) groups is 2. The SMILES string of the molecule is O=C(CCCN1CCC(n2c(SCC(=O)c3ccc(Cl)cc3)nc3ccccc32)CC1)c1ccc(F)cc1. The van der Waals surface area contributed by atoms with Crippen LogP contribution in [-0.2, 0) is 0 Å². The molecule has 38 heavy (non-hydrogen) atoms. The number of imidazole rings is 1. The first-order chi connectivity index (χ1) is 18.5. The van der Waals surface area contributed by atoms with Crippen molar-refractivity contribution < 1.29 is 14.0 Å². The number of aromatic nitrogens is 2. The monoisotopic (exact) mass is 549 g/mol. The van der Waals surface area contributed by atoms with Crippen LogP contribution in [-0.4, -0.2) is 51.4 Å². The van der Waals surface area contributed by atoms with Crippen molar-refractivity contribution in [3.8, 4) is 0 Å². The van der Waals surface area contributed by atoms with Gasteiger partial charge in [0, 0.05) is 41.7 Å². The Hall–Kier alpha value is -3.00. The second-order valence-corrected chi connectivity index (χ2v) is 11.0. The Morgan fingerprint density at radius 3 is 2.32 bits per heavy atom. The Balaban J connectivity index is 1.19. The standard InChI is InChI=1S/C30H29ClFN3O2S/c31-23-11-7-22(8-12-23)29(37)20-38-30-33-26-4-1-2-5-27(26)35(30)25-15-18-34(19-16-25)17-3-6-28(36)21-9-13-24(32)14-10-21/h1-2,4-5,7-14,25H,3,6,15-20H2. The quantitative estimate of drug-likeness (QED) is 0.156. The molecule has 1 aromatic heterocycles. The summed E-state index contributed by atoms with van der Waals surface area (Å²) in [6.45, 7) is 2.74. The zero-order valence-electron chi connectivity index (χ0n) is 21.0. The van der Waals surface area contributed by atoms with Gasteiger partial charge in [0.1, 0.15) is 5.82 Å². The molecule has 0 radical (unpaired) electrons. The van der Waals surface area contributed by atoms with E-state index in [1.54, 1.807) is 36.4 Å². The third-order valence-electron chi connectivity index (χ3n) is 7.03. The van der Waals surface area contributed by atoms with E-state index in [1.165, 1.54) is 23.9 Å². The Kier molecular flexibility index (Phi) is 8.57. The summed E-state index contributed by atoms with van der Waals surface area (Å²) in [6.07, 6.45) is 3.19. The first kappa shape index (κ1) is 26.6. The Bertz CT molecular complexity index is 1410. The van der Waals surface area contributed by atoms with Crippen LogP contribution in [0.5, 0.6) is 0 Å². The fourth-order valence-corrected chi connectivity index (χ4v) is 6.07. The third kappa shape index (κ3) is 6.34. The number of nitrogens with zero attached hydrogens (tertiary/aromatic N) is 3. The number of carbonyl (C=O) groups excluding carboxylic acids is 2. The molecule has 0 atom stereocenters. The zero-order valence-corrected chi connectivity index (χ0v) is 22.6. The van der Waals surface area contributed by atoms with Crippen LogP contribution in [0, 0.1) is 5.82 Å². The molecule has 1 saturated heterocycles. The van der Waals surface area contributed by atoms with E-state index < -0.39 is 0 Å². The molecular weight excluding hydrogens is 521 g/mol. The van der Waals surface area contributed by atoms with Gasteiger partial charge in [-0.05, 0) is 86.5 Å². The average Bonchev–Trinajstić information content (AvgIpc) is 3.31. The van der Waals surface area contributed by atoms with Crippen LogP contribution in [0.2, 0.25) is 5.02 Å². The van der Waals surface area contributed by atoms with Crippen LogP contribution in [0.15, 0.2) is 78.0 Å². The van der Waals surface area contributed by atoms with Crippen LogP contribution in [0.4, 0.5) is 4.39 Å². The van der Waals surface area contributed by atoms with Gasteiger partial charge in [-0.25, -0.2) is 9.37 Å². The number of rotatable bonds is 10. The second kappa shape index (κ2) is 12.2.